The van der Waals surface area contributed by atoms with E-state index < -0.39 is 17.7 Å². The number of likely N-dealkylation sites (tertiary alicyclic amines) is 1. The number of amides is 1. The molecule has 0 unspecified atom stereocenters. The van der Waals surface area contributed by atoms with Crippen molar-refractivity contribution in [1.29, 1.82) is 0 Å². The van der Waals surface area contributed by atoms with Gasteiger partial charge < -0.3 is 29.0 Å². The number of hydrogen-bond acceptors (Lipinski definition) is 8. The second-order valence-corrected chi connectivity index (χ2v) is 10.5. The van der Waals surface area contributed by atoms with E-state index in [1.807, 2.05) is 26.0 Å². The van der Waals surface area contributed by atoms with Crippen molar-refractivity contribution in [3.05, 3.63) is 71.3 Å². The van der Waals surface area contributed by atoms with E-state index in [1.54, 1.807) is 35.2 Å². The Morgan fingerprint density at radius 1 is 1.10 bits per heavy atom. The highest BCUT2D eigenvalue weighted by atomic mass is 16.5. The average molecular weight is 563 g/mol. The zero-order chi connectivity index (χ0) is 28.9. The van der Waals surface area contributed by atoms with E-state index in [0.29, 0.717) is 68.4 Å². The number of rotatable bonds is 11. The molecule has 9 nitrogen and oxygen atoms in total. The van der Waals surface area contributed by atoms with Crippen LogP contribution in [0.25, 0.3) is 5.76 Å². The van der Waals surface area contributed by atoms with Crippen molar-refractivity contribution in [3.63, 3.8) is 0 Å². The first-order valence-electron chi connectivity index (χ1n) is 14.3. The van der Waals surface area contributed by atoms with Crippen molar-refractivity contribution < 1.29 is 33.6 Å². The maximum atomic E-state index is 13.6. The zero-order valence-electron chi connectivity index (χ0n) is 23.8. The number of nitrogens with zero attached hydrogens (tertiary/aromatic N) is 2. The lowest BCUT2D eigenvalue weighted by molar-refractivity contribution is -0.140. The summed E-state index contributed by atoms with van der Waals surface area (Å²) in [6.07, 6.45) is 3.07. The fourth-order valence-electron chi connectivity index (χ4n) is 5.70. The molecule has 2 fully saturated rings. The summed E-state index contributed by atoms with van der Waals surface area (Å²) in [5.41, 5.74) is 2.16. The first kappa shape index (κ1) is 28.7. The summed E-state index contributed by atoms with van der Waals surface area (Å²) in [6.45, 7) is 12.5. The maximum absolute atomic E-state index is 13.6. The Balaban J connectivity index is 1.53. The van der Waals surface area contributed by atoms with Crippen molar-refractivity contribution in [1.82, 2.24) is 9.80 Å². The molecule has 0 aliphatic carbocycles. The van der Waals surface area contributed by atoms with Crippen LogP contribution in [-0.4, -0.2) is 85.3 Å². The van der Waals surface area contributed by atoms with Gasteiger partial charge in [0, 0.05) is 38.2 Å². The Kier molecular flexibility index (Phi) is 8.95. The molecule has 0 aromatic heterocycles. The molecule has 0 bridgehead atoms. The second-order valence-electron chi connectivity index (χ2n) is 10.5. The van der Waals surface area contributed by atoms with Gasteiger partial charge in [-0.05, 0) is 61.7 Å². The summed E-state index contributed by atoms with van der Waals surface area (Å²) >= 11 is 0. The summed E-state index contributed by atoms with van der Waals surface area (Å²) in [5.74, 6) is 0.277. The van der Waals surface area contributed by atoms with E-state index in [1.165, 1.54) is 0 Å². The molecule has 218 valence electrons. The van der Waals surface area contributed by atoms with Gasteiger partial charge in [-0.3, -0.25) is 14.5 Å². The fourth-order valence-corrected chi connectivity index (χ4v) is 5.70. The van der Waals surface area contributed by atoms with Gasteiger partial charge in [0.05, 0.1) is 31.4 Å². The van der Waals surface area contributed by atoms with Gasteiger partial charge in [0.1, 0.15) is 24.2 Å². The molecule has 3 aliphatic heterocycles. The molecule has 5 rings (SSSR count). The minimum absolute atomic E-state index is 0.0400. The van der Waals surface area contributed by atoms with Crippen LogP contribution in [0.2, 0.25) is 0 Å². The lowest BCUT2D eigenvalue weighted by Gasteiger charge is -2.29. The van der Waals surface area contributed by atoms with Crippen LogP contribution >= 0.6 is 0 Å². The van der Waals surface area contributed by atoms with Crippen molar-refractivity contribution >= 4 is 17.4 Å². The number of carbonyl (C=O) groups is 2. The number of hydrogen-bond donors (Lipinski definition) is 1. The number of benzene rings is 2. The molecular weight excluding hydrogens is 524 g/mol. The predicted octanol–water partition coefficient (Wildman–Crippen LogP) is 4.12. The summed E-state index contributed by atoms with van der Waals surface area (Å²) in [5, 5.41) is 11.6. The monoisotopic (exact) mass is 562 g/mol. The predicted molar refractivity (Wildman–Crippen MR) is 154 cm³/mol. The Morgan fingerprint density at radius 3 is 2.66 bits per heavy atom. The molecule has 9 heteroatoms. The fraction of sp³-hybridized carbons (Fsp3) is 0.438. The molecule has 3 aliphatic rings. The molecule has 0 radical (unpaired) electrons. The SMILES string of the molecule is C=CCOc1ccc([C@H]2C(=C(O)c3ccc4c(c3)C[C@@H](C)O4)C(=O)C(=O)N2CCCN2CCOCC2)cc1OCC. The van der Waals surface area contributed by atoms with E-state index in [4.69, 9.17) is 18.9 Å². The highest BCUT2D eigenvalue weighted by Gasteiger charge is 2.46. The molecule has 2 aromatic carbocycles. The number of ether oxygens (including phenoxy) is 4. The molecule has 1 N–H and O–H groups in total. The van der Waals surface area contributed by atoms with Crippen LogP contribution in [0.5, 0.6) is 17.2 Å². The summed E-state index contributed by atoms with van der Waals surface area (Å²) in [6, 6.07) is 9.97. The number of ketones is 1. The van der Waals surface area contributed by atoms with Gasteiger partial charge in [0.25, 0.3) is 11.7 Å². The third-order valence-corrected chi connectivity index (χ3v) is 7.63. The Bertz CT molecular complexity index is 1330. The van der Waals surface area contributed by atoms with E-state index in [9.17, 15) is 14.7 Å². The van der Waals surface area contributed by atoms with Crippen LogP contribution in [0.4, 0.5) is 0 Å². The quantitative estimate of drug-likeness (QED) is 0.189. The third kappa shape index (κ3) is 6.11. The number of morpholine rings is 1. The summed E-state index contributed by atoms with van der Waals surface area (Å²) < 4.78 is 22.9. The van der Waals surface area contributed by atoms with Crippen LogP contribution in [0, 0.1) is 0 Å². The van der Waals surface area contributed by atoms with Gasteiger partial charge in [-0.25, -0.2) is 0 Å². The van der Waals surface area contributed by atoms with Crippen LogP contribution < -0.4 is 14.2 Å². The highest BCUT2D eigenvalue weighted by molar-refractivity contribution is 6.46. The highest BCUT2D eigenvalue weighted by Crippen LogP contribution is 2.43. The van der Waals surface area contributed by atoms with Gasteiger partial charge >= 0.3 is 0 Å². The van der Waals surface area contributed by atoms with Crippen molar-refractivity contribution in [2.45, 2.75) is 38.8 Å². The molecule has 2 atom stereocenters. The second kappa shape index (κ2) is 12.8. The van der Waals surface area contributed by atoms with Gasteiger partial charge in [-0.15, -0.1) is 0 Å². The molecule has 0 spiro atoms. The number of Topliss-reactive ketones (excluding diaryl/α,β-unsaturated/α-hetero) is 1. The minimum atomic E-state index is -0.782. The first-order chi connectivity index (χ1) is 19.9. The molecule has 1 amide bonds. The van der Waals surface area contributed by atoms with E-state index in [-0.39, 0.29) is 17.4 Å². The van der Waals surface area contributed by atoms with Crippen molar-refractivity contribution in [2.75, 3.05) is 52.6 Å². The van der Waals surface area contributed by atoms with Crippen LogP contribution in [-0.2, 0) is 20.7 Å². The third-order valence-electron chi connectivity index (χ3n) is 7.63. The lowest BCUT2D eigenvalue weighted by atomic mass is 9.94. The topological polar surface area (TPSA) is 97.8 Å². The van der Waals surface area contributed by atoms with E-state index in [0.717, 1.165) is 30.9 Å². The average Bonchev–Trinajstić information content (AvgIpc) is 3.48. The number of aliphatic hydroxyl groups excluding tert-OH is 1. The largest absolute Gasteiger partial charge is 0.507 e. The van der Waals surface area contributed by atoms with Crippen molar-refractivity contribution in [2.24, 2.45) is 0 Å². The molecule has 2 aromatic rings. The summed E-state index contributed by atoms with van der Waals surface area (Å²) in [7, 11) is 0. The molecular formula is C32H38N2O7. The molecule has 0 saturated carbocycles. The van der Waals surface area contributed by atoms with Gasteiger partial charge in [0.2, 0.25) is 0 Å². The molecule has 3 heterocycles. The number of carbonyl (C=O) groups excluding carboxylic acids is 2. The maximum Gasteiger partial charge on any atom is 0.295 e. The van der Waals surface area contributed by atoms with Gasteiger partial charge in [-0.2, -0.15) is 0 Å². The van der Waals surface area contributed by atoms with Crippen LogP contribution in [0.15, 0.2) is 54.6 Å². The van der Waals surface area contributed by atoms with Crippen LogP contribution in [0.3, 0.4) is 0 Å². The van der Waals surface area contributed by atoms with E-state index >= 15 is 0 Å². The van der Waals surface area contributed by atoms with Gasteiger partial charge in [0.15, 0.2) is 11.5 Å². The molecule has 41 heavy (non-hydrogen) atoms. The van der Waals surface area contributed by atoms with Gasteiger partial charge in [-0.1, -0.05) is 18.7 Å². The summed E-state index contributed by atoms with van der Waals surface area (Å²) in [4.78, 5) is 30.9. The van der Waals surface area contributed by atoms with E-state index in [2.05, 4.69) is 11.5 Å². The number of aliphatic hydroxyl groups is 1. The minimum Gasteiger partial charge on any atom is -0.507 e. The molecule has 2 saturated heterocycles. The normalized spacial score (nSPS) is 22.0. The lowest BCUT2D eigenvalue weighted by Crippen LogP contribution is -2.39. The first-order valence-corrected chi connectivity index (χ1v) is 14.3. The smallest absolute Gasteiger partial charge is 0.295 e. The standard InChI is InChI=1S/C32H38N2O7/c1-4-15-40-26-10-7-22(20-27(26)39-5-2)29-28(30(35)23-8-9-25-24(19-23)18-21(3)41-25)31(36)32(37)34(29)12-6-11-33-13-16-38-17-14-33/h4,7-10,19-21,29,35H,1,5-6,11-18H2,2-3H3/t21-,29+/m1/s1. The Hall–Kier alpha value is -3.82. The Labute approximate surface area is 240 Å². The Morgan fingerprint density at radius 2 is 1.90 bits per heavy atom. The van der Waals surface area contributed by atoms with Crippen LogP contribution in [0.1, 0.15) is 43.0 Å². The zero-order valence-corrected chi connectivity index (χ0v) is 23.8. The van der Waals surface area contributed by atoms with Crippen molar-refractivity contribution in [3.8, 4) is 17.2 Å². The number of fused-ring (bicyclic) bond motifs is 1.